The molecule has 1 aromatic heterocycles. The number of aromatic nitrogens is 1. The minimum Gasteiger partial charge on any atom is -0.447 e. The van der Waals surface area contributed by atoms with E-state index >= 15 is 0 Å². The normalized spacial score (nSPS) is 13.9. The highest BCUT2D eigenvalue weighted by molar-refractivity contribution is 5.89. The SMILES string of the molecule is N#CCOC(=O)c1ccc(NC2CC2)nc1. The maximum absolute atomic E-state index is 11.3. The molecule has 1 N–H and O–H groups in total. The molecule has 5 heteroatoms. The molecule has 1 aromatic rings. The molecule has 0 atom stereocenters. The van der Waals surface area contributed by atoms with Crippen molar-refractivity contribution in [1.82, 2.24) is 4.98 Å². The molecular weight excluding hydrogens is 206 g/mol. The predicted octanol–water partition coefficient (Wildman–Crippen LogP) is 1.34. The number of carbonyl (C=O) groups is 1. The van der Waals surface area contributed by atoms with Gasteiger partial charge >= 0.3 is 5.97 Å². The van der Waals surface area contributed by atoms with Gasteiger partial charge in [-0.05, 0) is 25.0 Å². The highest BCUT2D eigenvalue weighted by Gasteiger charge is 2.21. The van der Waals surface area contributed by atoms with Gasteiger partial charge in [-0.3, -0.25) is 0 Å². The average Bonchev–Trinajstić information content (AvgIpc) is 3.11. The van der Waals surface area contributed by atoms with Crippen molar-refractivity contribution in [3.05, 3.63) is 23.9 Å². The Balaban J connectivity index is 1.95. The van der Waals surface area contributed by atoms with Crippen LogP contribution in [-0.4, -0.2) is 23.6 Å². The zero-order valence-electron chi connectivity index (χ0n) is 8.64. The van der Waals surface area contributed by atoms with Gasteiger partial charge in [0.25, 0.3) is 0 Å². The molecule has 0 radical (unpaired) electrons. The van der Waals surface area contributed by atoms with Gasteiger partial charge in [-0.25, -0.2) is 9.78 Å². The van der Waals surface area contributed by atoms with Crippen molar-refractivity contribution in [2.24, 2.45) is 0 Å². The van der Waals surface area contributed by atoms with Crippen LogP contribution in [0, 0.1) is 11.3 Å². The van der Waals surface area contributed by atoms with Gasteiger partial charge in [-0.1, -0.05) is 0 Å². The number of pyridine rings is 1. The van der Waals surface area contributed by atoms with E-state index in [1.54, 1.807) is 18.2 Å². The van der Waals surface area contributed by atoms with E-state index in [1.165, 1.54) is 19.0 Å². The summed E-state index contributed by atoms with van der Waals surface area (Å²) in [6.45, 7) is -0.235. The second-order valence-electron chi connectivity index (χ2n) is 3.58. The Morgan fingerprint density at radius 2 is 2.44 bits per heavy atom. The van der Waals surface area contributed by atoms with E-state index < -0.39 is 5.97 Å². The molecule has 82 valence electrons. The fraction of sp³-hybridized carbons (Fsp3) is 0.364. The molecule has 0 aromatic carbocycles. The summed E-state index contributed by atoms with van der Waals surface area (Å²) in [6.07, 6.45) is 3.80. The van der Waals surface area contributed by atoms with Crippen LogP contribution < -0.4 is 5.32 Å². The van der Waals surface area contributed by atoms with Gasteiger partial charge in [-0.15, -0.1) is 0 Å². The van der Waals surface area contributed by atoms with Gasteiger partial charge < -0.3 is 10.1 Å². The first kappa shape index (κ1) is 10.4. The molecule has 1 aliphatic rings. The first-order valence-corrected chi connectivity index (χ1v) is 5.06. The maximum Gasteiger partial charge on any atom is 0.340 e. The molecule has 2 rings (SSSR count). The van der Waals surface area contributed by atoms with Crippen LogP contribution in [0.2, 0.25) is 0 Å². The number of nitrogens with zero attached hydrogens (tertiary/aromatic N) is 2. The van der Waals surface area contributed by atoms with E-state index in [-0.39, 0.29) is 6.61 Å². The van der Waals surface area contributed by atoms with Gasteiger partial charge in [0.15, 0.2) is 6.61 Å². The first-order chi connectivity index (χ1) is 7.79. The molecule has 1 saturated carbocycles. The fourth-order valence-corrected chi connectivity index (χ4v) is 1.22. The zero-order chi connectivity index (χ0) is 11.4. The van der Waals surface area contributed by atoms with Crippen molar-refractivity contribution in [1.29, 1.82) is 5.26 Å². The summed E-state index contributed by atoms with van der Waals surface area (Å²) >= 11 is 0. The highest BCUT2D eigenvalue weighted by Crippen LogP contribution is 2.23. The van der Waals surface area contributed by atoms with Crippen LogP contribution in [0.5, 0.6) is 0 Å². The number of rotatable bonds is 4. The molecular formula is C11H11N3O2. The topological polar surface area (TPSA) is 75.0 Å². The maximum atomic E-state index is 11.3. The Labute approximate surface area is 93.1 Å². The van der Waals surface area contributed by atoms with E-state index in [0.717, 1.165) is 5.82 Å². The number of esters is 1. The van der Waals surface area contributed by atoms with Gasteiger partial charge in [-0.2, -0.15) is 5.26 Å². The lowest BCUT2D eigenvalue weighted by molar-refractivity contribution is 0.0554. The number of hydrogen-bond acceptors (Lipinski definition) is 5. The van der Waals surface area contributed by atoms with Crippen molar-refractivity contribution >= 4 is 11.8 Å². The Morgan fingerprint density at radius 3 is 3.00 bits per heavy atom. The summed E-state index contributed by atoms with van der Waals surface area (Å²) in [6, 6.07) is 5.64. The molecule has 0 amide bonds. The largest absolute Gasteiger partial charge is 0.447 e. The molecule has 1 aliphatic carbocycles. The van der Waals surface area contributed by atoms with Crippen LogP contribution in [0.1, 0.15) is 23.2 Å². The van der Waals surface area contributed by atoms with Crippen molar-refractivity contribution in [3.8, 4) is 6.07 Å². The van der Waals surface area contributed by atoms with E-state index in [0.29, 0.717) is 11.6 Å². The molecule has 0 unspecified atom stereocenters. The number of nitrogens with one attached hydrogen (secondary N) is 1. The third-order valence-electron chi connectivity index (χ3n) is 2.20. The van der Waals surface area contributed by atoms with Gasteiger partial charge in [0.2, 0.25) is 0 Å². The third-order valence-corrected chi connectivity index (χ3v) is 2.20. The van der Waals surface area contributed by atoms with Gasteiger partial charge in [0.05, 0.1) is 5.56 Å². The van der Waals surface area contributed by atoms with Crippen molar-refractivity contribution < 1.29 is 9.53 Å². The Kier molecular flexibility index (Phi) is 3.01. The second kappa shape index (κ2) is 4.62. The molecule has 0 spiro atoms. The second-order valence-corrected chi connectivity index (χ2v) is 3.58. The zero-order valence-corrected chi connectivity index (χ0v) is 8.64. The number of carbonyl (C=O) groups excluding carboxylic acids is 1. The summed E-state index contributed by atoms with van der Waals surface area (Å²) < 4.78 is 4.65. The van der Waals surface area contributed by atoms with Crippen molar-refractivity contribution in [3.63, 3.8) is 0 Å². The molecule has 0 saturated heterocycles. The highest BCUT2D eigenvalue weighted by atomic mass is 16.5. The van der Waals surface area contributed by atoms with Gasteiger partial charge in [0, 0.05) is 12.2 Å². The lowest BCUT2D eigenvalue weighted by Gasteiger charge is -2.04. The minimum absolute atomic E-state index is 0.235. The Morgan fingerprint density at radius 1 is 1.62 bits per heavy atom. The van der Waals surface area contributed by atoms with Crippen LogP contribution in [0.3, 0.4) is 0 Å². The van der Waals surface area contributed by atoms with E-state index in [4.69, 9.17) is 5.26 Å². The average molecular weight is 217 g/mol. The van der Waals surface area contributed by atoms with E-state index in [9.17, 15) is 4.79 Å². The molecule has 16 heavy (non-hydrogen) atoms. The van der Waals surface area contributed by atoms with Gasteiger partial charge in [0.1, 0.15) is 11.9 Å². The molecule has 1 fully saturated rings. The van der Waals surface area contributed by atoms with Crippen molar-refractivity contribution in [2.45, 2.75) is 18.9 Å². The smallest absolute Gasteiger partial charge is 0.340 e. The molecule has 0 bridgehead atoms. The summed E-state index contributed by atoms with van der Waals surface area (Å²) in [5.74, 6) is 0.242. The van der Waals surface area contributed by atoms with Crippen LogP contribution in [0.4, 0.5) is 5.82 Å². The molecule has 1 heterocycles. The standard InChI is InChI=1S/C11H11N3O2/c12-5-6-16-11(15)8-1-4-10(13-7-8)14-9-2-3-9/h1,4,7,9H,2-3,6H2,(H,13,14). The van der Waals surface area contributed by atoms with Crippen LogP contribution in [0.15, 0.2) is 18.3 Å². The van der Waals surface area contributed by atoms with E-state index in [2.05, 4.69) is 15.0 Å². The van der Waals surface area contributed by atoms with Crippen molar-refractivity contribution in [2.75, 3.05) is 11.9 Å². The summed E-state index contributed by atoms with van der Waals surface area (Å²) in [4.78, 5) is 15.4. The molecule has 5 nitrogen and oxygen atoms in total. The first-order valence-electron chi connectivity index (χ1n) is 5.06. The lowest BCUT2D eigenvalue weighted by atomic mass is 10.3. The van der Waals surface area contributed by atoms with Crippen LogP contribution in [0.25, 0.3) is 0 Å². The monoisotopic (exact) mass is 217 g/mol. The summed E-state index contributed by atoms with van der Waals surface area (Å²) in [5.41, 5.74) is 0.358. The van der Waals surface area contributed by atoms with Crippen LogP contribution in [-0.2, 0) is 4.74 Å². The minimum atomic E-state index is -0.521. The summed E-state index contributed by atoms with van der Waals surface area (Å²) in [5, 5.41) is 11.5. The van der Waals surface area contributed by atoms with E-state index in [1.807, 2.05) is 0 Å². The number of hydrogen-bond donors (Lipinski definition) is 1. The predicted molar refractivity (Wildman–Crippen MR) is 56.8 cm³/mol. The Hall–Kier alpha value is -2.09. The summed E-state index contributed by atoms with van der Waals surface area (Å²) in [7, 11) is 0. The molecule has 0 aliphatic heterocycles. The number of nitriles is 1. The Bertz CT molecular complexity index is 418. The third kappa shape index (κ3) is 2.70. The van der Waals surface area contributed by atoms with Crippen LogP contribution >= 0.6 is 0 Å². The number of ether oxygens (including phenoxy) is 1. The fourth-order valence-electron chi connectivity index (χ4n) is 1.22. The quantitative estimate of drug-likeness (QED) is 0.770. The number of anilines is 1. The lowest BCUT2D eigenvalue weighted by Crippen LogP contribution is -2.07.